The summed E-state index contributed by atoms with van der Waals surface area (Å²) in [6.07, 6.45) is 2.30. The molecular formula is C6H3BrN4O. The first-order chi connectivity index (χ1) is 5.79. The molecule has 0 aliphatic heterocycles. The van der Waals surface area contributed by atoms with Gasteiger partial charge in [-0.1, -0.05) is 0 Å². The summed E-state index contributed by atoms with van der Waals surface area (Å²) in [5, 5.41) is 3.93. The van der Waals surface area contributed by atoms with Crippen LogP contribution in [-0.2, 0) is 0 Å². The fraction of sp³-hybridized carbons (Fsp3) is 0. The number of carbonyl (C=O) groups excluding carboxylic acids is 1. The molecule has 0 saturated heterocycles. The third kappa shape index (κ3) is 1.10. The van der Waals surface area contributed by atoms with Gasteiger partial charge in [0.05, 0.1) is 0 Å². The van der Waals surface area contributed by atoms with E-state index in [9.17, 15) is 4.79 Å². The third-order valence-corrected chi connectivity index (χ3v) is 1.66. The Hall–Kier alpha value is -1.30. The average molecular weight is 227 g/mol. The molecule has 0 radical (unpaired) electrons. The Kier molecular flexibility index (Phi) is 1.61. The van der Waals surface area contributed by atoms with Crippen molar-refractivity contribution in [3.05, 3.63) is 22.7 Å². The average Bonchev–Trinajstić information content (AvgIpc) is 2.43. The summed E-state index contributed by atoms with van der Waals surface area (Å²) in [7, 11) is 0. The van der Waals surface area contributed by atoms with Crippen LogP contribution in [0.3, 0.4) is 0 Å². The number of hydrogen-bond acceptors (Lipinski definition) is 4. The van der Waals surface area contributed by atoms with E-state index in [0.717, 1.165) is 0 Å². The Morgan fingerprint density at radius 3 is 3.08 bits per heavy atom. The normalized spacial score (nSPS) is 10.4. The van der Waals surface area contributed by atoms with Crippen LogP contribution in [0.4, 0.5) is 0 Å². The van der Waals surface area contributed by atoms with Gasteiger partial charge in [0, 0.05) is 6.20 Å². The van der Waals surface area contributed by atoms with E-state index in [2.05, 4.69) is 31.0 Å². The molecule has 2 aromatic heterocycles. The van der Waals surface area contributed by atoms with Crippen molar-refractivity contribution >= 4 is 28.0 Å². The number of fused-ring (bicyclic) bond motifs is 1. The first kappa shape index (κ1) is 7.35. The SMILES string of the molecule is O=Cc1ccn2nc(Br)nc2n1. The van der Waals surface area contributed by atoms with Crippen molar-refractivity contribution in [1.82, 2.24) is 19.6 Å². The number of nitrogens with zero attached hydrogens (tertiary/aromatic N) is 4. The number of hydrogen-bond donors (Lipinski definition) is 0. The smallest absolute Gasteiger partial charge is 0.253 e. The number of aromatic nitrogens is 4. The topological polar surface area (TPSA) is 60.2 Å². The number of aldehydes is 1. The summed E-state index contributed by atoms with van der Waals surface area (Å²) < 4.78 is 1.94. The summed E-state index contributed by atoms with van der Waals surface area (Å²) in [6.45, 7) is 0. The largest absolute Gasteiger partial charge is 0.296 e. The zero-order valence-corrected chi connectivity index (χ0v) is 7.39. The highest BCUT2D eigenvalue weighted by Gasteiger charge is 2.01. The molecule has 0 saturated carbocycles. The minimum atomic E-state index is 0.349. The van der Waals surface area contributed by atoms with Gasteiger partial charge >= 0.3 is 0 Å². The van der Waals surface area contributed by atoms with Crippen molar-refractivity contribution in [3.63, 3.8) is 0 Å². The van der Waals surface area contributed by atoms with Crippen molar-refractivity contribution in [2.45, 2.75) is 0 Å². The summed E-state index contributed by atoms with van der Waals surface area (Å²) in [5.74, 6) is 0.409. The molecule has 2 rings (SSSR count). The van der Waals surface area contributed by atoms with Crippen molar-refractivity contribution in [2.75, 3.05) is 0 Å². The second-order valence-electron chi connectivity index (χ2n) is 2.10. The van der Waals surface area contributed by atoms with E-state index in [4.69, 9.17) is 0 Å². The van der Waals surface area contributed by atoms with E-state index in [1.54, 1.807) is 12.3 Å². The fourth-order valence-corrected chi connectivity index (χ4v) is 1.16. The molecule has 0 atom stereocenters. The zero-order valence-electron chi connectivity index (χ0n) is 5.81. The van der Waals surface area contributed by atoms with Crippen molar-refractivity contribution in [1.29, 1.82) is 0 Å². The van der Waals surface area contributed by atoms with Gasteiger partial charge in [0.25, 0.3) is 5.78 Å². The summed E-state index contributed by atoms with van der Waals surface area (Å²) >= 11 is 3.10. The minimum Gasteiger partial charge on any atom is -0.296 e. The maximum absolute atomic E-state index is 10.3. The molecule has 60 valence electrons. The van der Waals surface area contributed by atoms with Gasteiger partial charge < -0.3 is 0 Å². The van der Waals surface area contributed by atoms with Gasteiger partial charge in [0.1, 0.15) is 5.69 Å². The van der Waals surface area contributed by atoms with Gasteiger partial charge in [-0.15, -0.1) is 5.10 Å². The second kappa shape index (κ2) is 2.63. The van der Waals surface area contributed by atoms with Gasteiger partial charge in [0.2, 0.25) is 4.73 Å². The van der Waals surface area contributed by atoms with Crippen LogP contribution in [0.25, 0.3) is 5.78 Å². The van der Waals surface area contributed by atoms with Crippen LogP contribution in [0.15, 0.2) is 17.0 Å². The molecular weight excluding hydrogens is 224 g/mol. The van der Waals surface area contributed by atoms with Crippen LogP contribution in [0.1, 0.15) is 10.5 Å². The molecule has 2 aromatic rings. The lowest BCUT2D eigenvalue weighted by Crippen LogP contribution is -1.93. The Labute approximate surface area is 75.6 Å². The van der Waals surface area contributed by atoms with Crippen molar-refractivity contribution in [2.24, 2.45) is 0 Å². The maximum atomic E-state index is 10.3. The third-order valence-electron chi connectivity index (χ3n) is 1.32. The van der Waals surface area contributed by atoms with Gasteiger partial charge in [-0.3, -0.25) is 4.79 Å². The van der Waals surface area contributed by atoms with Crippen molar-refractivity contribution < 1.29 is 4.79 Å². The first-order valence-electron chi connectivity index (χ1n) is 3.14. The molecule has 12 heavy (non-hydrogen) atoms. The second-order valence-corrected chi connectivity index (χ2v) is 2.80. The molecule has 0 bridgehead atoms. The first-order valence-corrected chi connectivity index (χ1v) is 3.93. The molecule has 0 aromatic carbocycles. The molecule has 0 aliphatic rings. The molecule has 5 nitrogen and oxygen atoms in total. The molecule has 0 amide bonds. The molecule has 0 spiro atoms. The van der Waals surface area contributed by atoms with E-state index >= 15 is 0 Å². The highest BCUT2D eigenvalue weighted by atomic mass is 79.9. The van der Waals surface area contributed by atoms with E-state index in [-0.39, 0.29) is 0 Å². The minimum absolute atomic E-state index is 0.349. The zero-order chi connectivity index (χ0) is 8.55. The molecule has 6 heteroatoms. The van der Waals surface area contributed by atoms with Crippen LogP contribution in [0.2, 0.25) is 0 Å². The fourth-order valence-electron chi connectivity index (χ4n) is 0.831. The monoisotopic (exact) mass is 226 g/mol. The van der Waals surface area contributed by atoms with Crippen LogP contribution >= 0.6 is 15.9 Å². The van der Waals surface area contributed by atoms with Crippen molar-refractivity contribution in [3.8, 4) is 0 Å². The predicted molar refractivity (Wildman–Crippen MR) is 43.9 cm³/mol. The summed E-state index contributed by atoms with van der Waals surface area (Å²) in [4.78, 5) is 18.2. The highest BCUT2D eigenvalue weighted by Crippen LogP contribution is 2.04. The lowest BCUT2D eigenvalue weighted by atomic mass is 10.4. The number of carbonyl (C=O) groups is 1. The summed E-state index contributed by atoms with van der Waals surface area (Å²) in [5.41, 5.74) is 0.349. The maximum Gasteiger partial charge on any atom is 0.253 e. The van der Waals surface area contributed by atoms with E-state index in [0.29, 0.717) is 22.5 Å². The molecule has 0 fully saturated rings. The Morgan fingerprint density at radius 1 is 1.50 bits per heavy atom. The van der Waals surface area contributed by atoms with E-state index < -0.39 is 0 Å². The standard InChI is InChI=1S/C6H3BrN4O/c7-5-9-6-8-4(3-12)1-2-11(6)10-5/h1-3H. The van der Waals surface area contributed by atoms with Crippen LogP contribution in [0.5, 0.6) is 0 Å². The molecule has 0 N–H and O–H groups in total. The quantitative estimate of drug-likeness (QED) is 0.672. The number of halogens is 1. The van der Waals surface area contributed by atoms with Gasteiger partial charge in [-0.25, -0.2) is 9.50 Å². The lowest BCUT2D eigenvalue weighted by Gasteiger charge is -1.89. The Bertz CT molecular complexity index is 438. The van der Waals surface area contributed by atoms with Crippen LogP contribution < -0.4 is 0 Å². The Morgan fingerprint density at radius 2 is 2.33 bits per heavy atom. The van der Waals surface area contributed by atoms with E-state index in [1.807, 2.05) is 0 Å². The number of rotatable bonds is 1. The van der Waals surface area contributed by atoms with Gasteiger partial charge in [0.15, 0.2) is 6.29 Å². The predicted octanol–water partition coefficient (Wildman–Crippen LogP) is 0.699. The lowest BCUT2D eigenvalue weighted by molar-refractivity contribution is 0.111. The molecule has 0 aliphatic carbocycles. The van der Waals surface area contributed by atoms with Gasteiger partial charge in [-0.2, -0.15) is 4.98 Å². The van der Waals surface area contributed by atoms with Crippen LogP contribution in [-0.4, -0.2) is 25.9 Å². The van der Waals surface area contributed by atoms with Gasteiger partial charge in [-0.05, 0) is 22.0 Å². The highest BCUT2D eigenvalue weighted by molar-refractivity contribution is 9.10. The van der Waals surface area contributed by atoms with Crippen LogP contribution in [0, 0.1) is 0 Å². The summed E-state index contributed by atoms with van der Waals surface area (Å²) in [6, 6.07) is 1.57. The molecule has 2 heterocycles. The Balaban J connectivity index is 2.74. The molecule has 0 unspecified atom stereocenters. The van der Waals surface area contributed by atoms with E-state index in [1.165, 1.54) is 4.52 Å².